The normalized spacial score (nSPS) is 18.6. The van der Waals surface area contributed by atoms with E-state index in [1.165, 1.54) is 0 Å². The molecule has 126 valence electrons. The lowest BCUT2D eigenvalue weighted by Gasteiger charge is -2.32. The van der Waals surface area contributed by atoms with E-state index in [0.29, 0.717) is 6.54 Å². The van der Waals surface area contributed by atoms with Gasteiger partial charge in [-0.2, -0.15) is 0 Å². The molecule has 0 unspecified atom stereocenters. The fourth-order valence-corrected chi connectivity index (χ4v) is 2.66. The molecule has 5 heteroatoms. The van der Waals surface area contributed by atoms with Gasteiger partial charge in [0, 0.05) is 12.2 Å². The van der Waals surface area contributed by atoms with E-state index in [1.54, 1.807) is 0 Å². The van der Waals surface area contributed by atoms with Crippen LogP contribution in [0.15, 0.2) is 54.6 Å². The number of hydrogen-bond acceptors (Lipinski definition) is 4. The maximum Gasteiger partial charge on any atom is 0.495 e. The topological polar surface area (TPSA) is 42.5 Å². The smallest absolute Gasteiger partial charge is 0.399 e. The molecule has 0 spiro atoms. The standard InChI is InChI=1S/C19H25BN2O2/c1-18(2)19(3,4)24-20(23-18)17-13-9-8-10-15(17)14-21-22-16-11-6-5-7-12-16/h5-13,21-22H,14H2,1-4H3. The summed E-state index contributed by atoms with van der Waals surface area (Å²) >= 11 is 0. The summed E-state index contributed by atoms with van der Waals surface area (Å²) in [6, 6.07) is 18.3. The summed E-state index contributed by atoms with van der Waals surface area (Å²) in [5.41, 5.74) is 9.06. The Bertz CT molecular complexity index is 673. The first-order valence-corrected chi connectivity index (χ1v) is 8.36. The van der Waals surface area contributed by atoms with Gasteiger partial charge in [0.25, 0.3) is 0 Å². The Balaban J connectivity index is 1.70. The Hall–Kier alpha value is -1.82. The second-order valence-electron chi connectivity index (χ2n) is 7.13. The van der Waals surface area contributed by atoms with Crippen LogP contribution in [0.2, 0.25) is 0 Å². The average molecular weight is 324 g/mol. The van der Waals surface area contributed by atoms with Crippen molar-refractivity contribution >= 4 is 18.3 Å². The summed E-state index contributed by atoms with van der Waals surface area (Å²) < 4.78 is 12.4. The lowest BCUT2D eigenvalue weighted by atomic mass is 9.76. The molecule has 1 heterocycles. The van der Waals surface area contributed by atoms with Gasteiger partial charge < -0.3 is 14.7 Å². The highest BCUT2D eigenvalue weighted by Gasteiger charge is 2.52. The Kier molecular flexibility index (Phi) is 4.68. The van der Waals surface area contributed by atoms with Gasteiger partial charge in [0.2, 0.25) is 0 Å². The second kappa shape index (κ2) is 6.59. The van der Waals surface area contributed by atoms with E-state index in [9.17, 15) is 0 Å². The average Bonchev–Trinajstić information content (AvgIpc) is 2.77. The predicted molar refractivity (Wildman–Crippen MR) is 99.1 cm³/mol. The fourth-order valence-electron chi connectivity index (χ4n) is 2.66. The van der Waals surface area contributed by atoms with Crippen molar-refractivity contribution in [3.63, 3.8) is 0 Å². The lowest BCUT2D eigenvalue weighted by Crippen LogP contribution is -2.41. The molecular formula is C19H25BN2O2. The van der Waals surface area contributed by atoms with Crippen molar-refractivity contribution in [1.82, 2.24) is 5.43 Å². The molecule has 0 radical (unpaired) electrons. The molecule has 1 aliphatic rings. The van der Waals surface area contributed by atoms with Crippen LogP contribution < -0.4 is 16.3 Å². The molecule has 0 amide bonds. The summed E-state index contributed by atoms with van der Waals surface area (Å²) in [6.45, 7) is 8.97. The van der Waals surface area contributed by atoms with Crippen molar-refractivity contribution in [2.75, 3.05) is 5.43 Å². The molecule has 0 aliphatic carbocycles. The van der Waals surface area contributed by atoms with Gasteiger partial charge in [0.15, 0.2) is 0 Å². The number of rotatable bonds is 5. The van der Waals surface area contributed by atoms with Crippen LogP contribution >= 0.6 is 0 Å². The monoisotopic (exact) mass is 324 g/mol. The van der Waals surface area contributed by atoms with Crippen LogP contribution in [0.4, 0.5) is 5.69 Å². The summed E-state index contributed by atoms with van der Waals surface area (Å²) in [4.78, 5) is 0. The van der Waals surface area contributed by atoms with Gasteiger partial charge in [0.1, 0.15) is 0 Å². The van der Waals surface area contributed by atoms with Gasteiger partial charge in [-0.05, 0) is 50.9 Å². The Morgan fingerprint density at radius 1 is 0.833 bits per heavy atom. The minimum Gasteiger partial charge on any atom is -0.399 e. The summed E-state index contributed by atoms with van der Waals surface area (Å²) in [5, 5.41) is 0. The van der Waals surface area contributed by atoms with Crippen molar-refractivity contribution in [2.24, 2.45) is 0 Å². The number of nitrogens with one attached hydrogen (secondary N) is 2. The largest absolute Gasteiger partial charge is 0.495 e. The maximum atomic E-state index is 6.18. The molecule has 0 saturated carbocycles. The third-order valence-corrected chi connectivity index (χ3v) is 4.85. The zero-order valence-electron chi connectivity index (χ0n) is 14.8. The zero-order valence-corrected chi connectivity index (χ0v) is 14.8. The van der Waals surface area contributed by atoms with E-state index in [2.05, 4.69) is 50.7 Å². The second-order valence-corrected chi connectivity index (χ2v) is 7.13. The van der Waals surface area contributed by atoms with Gasteiger partial charge in [-0.25, -0.2) is 5.43 Å². The van der Waals surface area contributed by atoms with E-state index in [-0.39, 0.29) is 18.3 Å². The molecule has 2 aromatic rings. The number of anilines is 1. The van der Waals surface area contributed by atoms with Gasteiger partial charge in [-0.1, -0.05) is 42.5 Å². The first kappa shape index (κ1) is 17.0. The SMILES string of the molecule is CC1(C)OB(c2ccccc2CNNc2ccccc2)OC1(C)C. The van der Waals surface area contributed by atoms with Crippen LogP contribution in [0.3, 0.4) is 0 Å². The van der Waals surface area contributed by atoms with Crippen LogP contribution in [-0.2, 0) is 15.9 Å². The van der Waals surface area contributed by atoms with Crippen LogP contribution in [0, 0.1) is 0 Å². The van der Waals surface area contributed by atoms with Gasteiger partial charge in [-0.3, -0.25) is 0 Å². The highest BCUT2D eigenvalue weighted by Crippen LogP contribution is 2.36. The Labute approximate surface area is 144 Å². The van der Waals surface area contributed by atoms with E-state index >= 15 is 0 Å². The third-order valence-electron chi connectivity index (χ3n) is 4.85. The zero-order chi connectivity index (χ0) is 17.2. The third kappa shape index (κ3) is 3.48. The molecule has 0 bridgehead atoms. The fraction of sp³-hybridized carbons (Fsp3) is 0.368. The van der Waals surface area contributed by atoms with E-state index in [0.717, 1.165) is 16.7 Å². The van der Waals surface area contributed by atoms with E-state index < -0.39 is 0 Å². The van der Waals surface area contributed by atoms with Crippen LogP contribution in [0.5, 0.6) is 0 Å². The highest BCUT2D eigenvalue weighted by molar-refractivity contribution is 6.62. The van der Waals surface area contributed by atoms with Crippen molar-refractivity contribution < 1.29 is 9.31 Å². The van der Waals surface area contributed by atoms with Crippen LogP contribution in [0.1, 0.15) is 33.3 Å². The number of hydrazine groups is 1. The van der Waals surface area contributed by atoms with Crippen molar-refractivity contribution in [1.29, 1.82) is 0 Å². The summed E-state index contributed by atoms with van der Waals surface area (Å²) in [6.07, 6.45) is 0. The van der Waals surface area contributed by atoms with Gasteiger partial charge in [0.05, 0.1) is 11.2 Å². The number of hydrogen-bond donors (Lipinski definition) is 2. The lowest BCUT2D eigenvalue weighted by molar-refractivity contribution is 0.00578. The predicted octanol–water partition coefficient (Wildman–Crippen LogP) is 3.10. The Morgan fingerprint density at radius 2 is 1.42 bits per heavy atom. The molecule has 1 aliphatic heterocycles. The molecule has 24 heavy (non-hydrogen) atoms. The minimum atomic E-state index is -0.343. The van der Waals surface area contributed by atoms with E-state index in [4.69, 9.17) is 9.31 Å². The van der Waals surface area contributed by atoms with Crippen LogP contribution in [-0.4, -0.2) is 18.3 Å². The molecule has 0 aromatic heterocycles. The molecule has 1 fully saturated rings. The van der Waals surface area contributed by atoms with Gasteiger partial charge in [-0.15, -0.1) is 0 Å². The molecule has 0 atom stereocenters. The number of para-hydroxylation sites is 1. The molecule has 4 nitrogen and oxygen atoms in total. The molecule has 2 aromatic carbocycles. The minimum absolute atomic E-state index is 0.333. The molecule has 3 rings (SSSR count). The van der Waals surface area contributed by atoms with Crippen LogP contribution in [0.25, 0.3) is 0 Å². The van der Waals surface area contributed by atoms with Crippen molar-refractivity contribution in [2.45, 2.75) is 45.4 Å². The van der Waals surface area contributed by atoms with Crippen molar-refractivity contribution in [3.05, 3.63) is 60.2 Å². The summed E-state index contributed by atoms with van der Waals surface area (Å²) in [7, 11) is -0.343. The molecule has 2 N–H and O–H groups in total. The Morgan fingerprint density at radius 3 is 2.08 bits per heavy atom. The summed E-state index contributed by atoms with van der Waals surface area (Å²) in [5.74, 6) is 0. The maximum absolute atomic E-state index is 6.18. The van der Waals surface area contributed by atoms with Crippen molar-refractivity contribution in [3.8, 4) is 0 Å². The highest BCUT2D eigenvalue weighted by atomic mass is 16.7. The first-order chi connectivity index (χ1) is 11.4. The first-order valence-electron chi connectivity index (χ1n) is 8.36. The molecular weight excluding hydrogens is 299 g/mol. The number of benzene rings is 2. The molecule has 1 saturated heterocycles. The van der Waals surface area contributed by atoms with Gasteiger partial charge >= 0.3 is 7.12 Å². The quantitative estimate of drug-likeness (QED) is 0.655. The van der Waals surface area contributed by atoms with E-state index in [1.807, 2.05) is 42.5 Å².